The van der Waals surface area contributed by atoms with Crippen LogP contribution in [0.25, 0.3) is 0 Å². The molecule has 2 rings (SSSR count). The predicted octanol–water partition coefficient (Wildman–Crippen LogP) is 0.161. The third kappa shape index (κ3) is 2.91. The van der Waals surface area contributed by atoms with Crippen LogP contribution in [0.5, 0.6) is 0 Å². The summed E-state index contributed by atoms with van der Waals surface area (Å²) in [6.07, 6.45) is -0.887. The Morgan fingerprint density at radius 1 is 1.33 bits per heavy atom. The lowest BCUT2D eigenvalue weighted by atomic mass is 10.1. The maximum absolute atomic E-state index is 12.1. The van der Waals surface area contributed by atoms with Crippen LogP contribution in [0.4, 0.5) is 5.69 Å². The van der Waals surface area contributed by atoms with Gasteiger partial charge in [-0.3, -0.25) is 24.6 Å². The van der Waals surface area contributed by atoms with Gasteiger partial charge in [0.25, 0.3) is 17.5 Å². The number of nitrogens with one attached hydrogen (secondary N) is 1. The van der Waals surface area contributed by atoms with Crippen molar-refractivity contribution >= 4 is 17.5 Å². The molecule has 21 heavy (non-hydrogen) atoms. The Bertz CT molecular complexity index is 601. The van der Waals surface area contributed by atoms with Crippen molar-refractivity contribution in [3.05, 3.63) is 39.4 Å². The number of aliphatic hydroxyl groups is 1. The highest BCUT2D eigenvalue weighted by atomic mass is 16.6. The van der Waals surface area contributed by atoms with E-state index in [9.17, 15) is 24.8 Å². The van der Waals surface area contributed by atoms with Crippen LogP contribution in [0.15, 0.2) is 18.2 Å². The van der Waals surface area contributed by atoms with Crippen molar-refractivity contribution in [1.82, 2.24) is 10.2 Å². The second-order valence-corrected chi connectivity index (χ2v) is 4.67. The van der Waals surface area contributed by atoms with E-state index in [1.165, 1.54) is 12.1 Å². The summed E-state index contributed by atoms with van der Waals surface area (Å²) in [4.78, 5) is 35.2. The van der Waals surface area contributed by atoms with Gasteiger partial charge in [-0.2, -0.15) is 0 Å². The second kappa shape index (κ2) is 5.98. The number of nitrogens with zero attached hydrogens (tertiary/aromatic N) is 2. The van der Waals surface area contributed by atoms with Gasteiger partial charge < -0.3 is 10.4 Å². The van der Waals surface area contributed by atoms with E-state index in [0.29, 0.717) is 6.54 Å². The number of imide groups is 1. The Balaban J connectivity index is 2.20. The van der Waals surface area contributed by atoms with Crippen LogP contribution in [-0.4, -0.2) is 52.5 Å². The molecular weight excluding hydrogens is 278 g/mol. The largest absolute Gasteiger partial charge is 0.390 e. The predicted molar refractivity (Wildman–Crippen MR) is 73.0 cm³/mol. The van der Waals surface area contributed by atoms with Gasteiger partial charge in [-0.15, -0.1) is 0 Å². The number of β-amino-alcohol motifs (C(OH)–C–C–N with tert-alkyl or cyclic N) is 1. The number of nitro benzene ring substituents is 1. The van der Waals surface area contributed by atoms with Gasteiger partial charge in [0, 0.05) is 18.7 Å². The molecule has 0 radical (unpaired) electrons. The van der Waals surface area contributed by atoms with E-state index in [-0.39, 0.29) is 29.9 Å². The SMILES string of the molecule is CCNCC(O)CN1C(=O)c2ccc([N+](=O)[O-])cc2C1=O. The quantitative estimate of drug-likeness (QED) is 0.439. The molecule has 2 N–H and O–H groups in total. The normalized spacial score (nSPS) is 15.2. The molecule has 8 heteroatoms. The van der Waals surface area contributed by atoms with Gasteiger partial charge in [-0.05, 0) is 12.6 Å². The molecular formula is C13H15N3O5. The van der Waals surface area contributed by atoms with E-state index < -0.39 is 22.8 Å². The van der Waals surface area contributed by atoms with E-state index in [1.807, 2.05) is 6.92 Å². The maximum atomic E-state index is 12.1. The topological polar surface area (TPSA) is 113 Å². The van der Waals surface area contributed by atoms with Crippen LogP contribution >= 0.6 is 0 Å². The Labute approximate surface area is 120 Å². The first kappa shape index (κ1) is 15.1. The zero-order chi connectivity index (χ0) is 15.6. The van der Waals surface area contributed by atoms with Crippen LogP contribution in [0.3, 0.4) is 0 Å². The van der Waals surface area contributed by atoms with Crippen molar-refractivity contribution in [2.24, 2.45) is 0 Å². The zero-order valence-corrected chi connectivity index (χ0v) is 11.4. The lowest BCUT2D eigenvalue weighted by molar-refractivity contribution is -0.384. The highest BCUT2D eigenvalue weighted by Gasteiger charge is 2.37. The number of carbonyl (C=O) groups excluding carboxylic acids is 2. The molecule has 0 fully saturated rings. The number of fused-ring (bicyclic) bond motifs is 1. The minimum atomic E-state index is -0.887. The van der Waals surface area contributed by atoms with Crippen LogP contribution in [0, 0.1) is 10.1 Å². The molecule has 0 saturated heterocycles. The van der Waals surface area contributed by atoms with Gasteiger partial charge in [-0.25, -0.2) is 0 Å². The number of hydrogen-bond donors (Lipinski definition) is 2. The number of non-ortho nitro benzene ring substituents is 1. The first-order chi connectivity index (χ1) is 9.95. The van der Waals surface area contributed by atoms with Crippen LogP contribution in [-0.2, 0) is 0 Å². The number of nitro groups is 1. The molecule has 0 aliphatic carbocycles. The molecule has 0 spiro atoms. The highest BCUT2D eigenvalue weighted by molar-refractivity contribution is 6.21. The fraction of sp³-hybridized carbons (Fsp3) is 0.385. The number of amides is 2. The Kier molecular flexibility index (Phi) is 4.29. The summed E-state index contributed by atoms with van der Waals surface area (Å²) in [6.45, 7) is 2.64. The summed E-state index contributed by atoms with van der Waals surface area (Å²) in [5.41, 5.74) is -0.115. The minimum absolute atomic E-state index is 0.00449. The summed E-state index contributed by atoms with van der Waals surface area (Å²) in [5, 5.41) is 23.4. The smallest absolute Gasteiger partial charge is 0.270 e. The molecule has 1 atom stereocenters. The van der Waals surface area contributed by atoms with Gasteiger partial charge >= 0.3 is 0 Å². The zero-order valence-electron chi connectivity index (χ0n) is 11.4. The van der Waals surface area contributed by atoms with Crippen molar-refractivity contribution < 1.29 is 19.6 Å². The average molecular weight is 293 g/mol. The molecule has 0 aromatic heterocycles. The molecule has 1 aliphatic heterocycles. The number of hydrogen-bond acceptors (Lipinski definition) is 6. The third-order valence-corrected chi connectivity index (χ3v) is 3.19. The lowest BCUT2D eigenvalue weighted by Gasteiger charge is -2.18. The number of aliphatic hydroxyl groups excluding tert-OH is 1. The fourth-order valence-corrected chi connectivity index (χ4v) is 2.14. The summed E-state index contributed by atoms with van der Waals surface area (Å²) in [5.74, 6) is -1.16. The van der Waals surface area contributed by atoms with Gasteiger partial charge in [-0.1, -0.05) is 6.92 Å². The third-order valence-electron chi connectivity index (χ3n) is 3.19. The molecule has 2 amide bonds. The van der Waals surface area contributed by atoms with Gasteiger partial charge in [0.1, 0.15) is 0 Å². The molecule has 0 bridgehead atoms. The maximum Gasteiger partial charge on any atom is 0.270 e. The lowest BCUT2D eigenvalue weighted by Crippen LogP contribution is -2.41. The molecule has 1 aromatic rings. The number of benzene rings is 1. The van der Waals surface area contributed by atoms with E-state index >= 15 is 0 Å². The Hall–Kier alpha value is -2.32. The first-order valence-corrected chi connectivity index (χ1v) is 6.49. The summed E-state index contributed by atoms with van der Waals surface area (Å²) < 4.78 is 0. The fourth-order valence-electron chi connectivity index (χ4n) is 2.14. The van der Waals surface area contributed by atoms with Gasteiger partial charge in [0.05, 0.1) is 28.7 Å². The molecule has 1 aliphatic rings. The monoisotopic (exact) mass is 293 g/mol. The molecule has 1 unspecified atom stereocenters. The molecule has 112 valence electrons. The number of likely N-dealkylation sites (N-methyl/N-ethyl adjacent to an activating group) is 1. The molecule has 1 heterocycles. The van der Waals surface area contributed by atoms with Crippen molar-refractivity contribution in [3.63, 3.8) is 0 Å². The summed E-state index contributed by atoms with van der Waals surface area (Å²) in [6, 6.07) is 3.54. The summed E-state index contributed by atoms with van der Waals surface area (Å²) >= 11 is 0. The minimum Gasteiger partial charge on any atom is -0.390 e. The van der Waals surface area contributed by atoms with Crippen molar-refractivity contribution in [2.45, 2.75) is 13.0 Å². The first-order valence-electron chi connectivity index (χ1n) is 6.49. The van der Waals surface area contributed by atoms with E-state index in [0.717, 1.165) is 11.0 Å². The van der Waals surface area contributed by atoms with E-state index in [4.69, 9.17) is 0 Å². The van der Waals surface area contributed by atoms with E-state index in [2.05, 4.69) is 5.32 Å². The molecule has 8 nitrogen and oxygen atoms in total. The Morgan fingerprint density at radius 3 is 2.62 bits per heavy atom. The van der Waals surface area contributed by atoms with Crippen LogP contribution in [0.2, 0.25) is 0 Å². The summed E-state index contributed by atoms with van der Waals surface area (Å²) in [7, 11) is 0. The van der Waals surface area contributed by atoms with Crippen LogP contribution < -0.4 is 5.32 Å². The Morgan fingerprint density at radius 2 is 2.00 bits per heavy atom. The standard InChI is InChI=1S/C13H15N3O5/c1-2-14-6-9(17)7-15-12(18)10-4-3-8(16(20)21)5-11(10)13(15)19/h3-5,9,14,17H,2,6-7H2,1H3. The van der Waals surface area contributed by atoms with Gasteiger partial charge in [0.2, 0.25) is 0 Å². The molecule has 0 saturated carbocycles. The second-order valence-electron chi connectivity index (χ2n) is 4.67. The number of rotatable bonds is 6. The highest BCUT2D eigenvalue weighted by Crippen LogP contribution is 2.26. The van der Waals surface area contributed by atoms with Gasteiger partial charge in [0.15, 0.2) is 0 Å². The van der Waals surface area contributed by atoms with Crippen molar-refractivity contribution in [1.29, 1.82) is 0 Å². The average Bonchev–Trinajstić information content (AvgIpc) is 2.69. The molecule has 1 aromatic carbocycles. The number of carbonyl (C=O) groups is 2. The van der Waals surface area contributed by atoms with E-state index in [1.54, 1.807) is 0 Å². The van der Waals surface area contributed by atoms with Crippen molar-refractivity contribution in [2.75, 3.05) is 19.6 Å². The van der Waals surface area contributed by atoms with Crippen molar-refractivity contribution in [3.8, 4) is 0 Å². The van der Waals surface area contributed by atoms with Crippen LogP contribution in [0.1, 0.15) is 27.6 Å².